The standard InChI is InChI=1S/C9H14N2/c1-8(6-10)7-11-9-4-2-3-5-9/h8H,2-5,7H2,1H3. The zero-order valence-corrected chi connectivity index (χ0v) is 7.01. The van der Waals surface area contributed by atoms with Crippen LogP contribution in [0.15, 0.2) is 4.99 Å². The monoisotopic (exact) mass is 150 g/mol. The van der Waals surface area contributed by atoms with E-state index < -0.39 is 0 Å². The van der Waals surface area contributed by atoms with Gasteiger partial charge in [0.15, 0.2) is 0 Å². The second-order valence-corrected chi connectivity index (χ2v) is 3.14. The molecule has 60 valence electrons. The van der Waals surface area contributed by atoms with Crippen molar-refractivity contribution in [2.75, 3.05) is 6.54 Å². The predicted molar refractivity (Wildman–Crippen MR) is 45.5 cm³/mol. The Morgan fingerprint density at radius 3 is 2.73 bits per heavy atom. The molecule has 0 aliphatic heterocycles. The van der Waals surface area contributed by atoms with Gasteiger partial charge in [0.1, 0.15) is 0 Å². The Morgan fingerprint density at radius 1 is 1.55 bits per heavy atom. The summed E-state index contributed by atoms with van der Waals surface area (Å²) < 4.78 is 0. The molecule has 1 saturated carbocycles. The van der Waals surface area contributed by atoms with Gasteiger partial charge in [0.25, 0.3) is 0 Å². The molecule has 1 aliphatic carbocycles. The average Bonchev–Trinajstić information content (AvgIpc) is 2.52. The lowest BCUT2D eigenvalue weighted by Crippen LogP contribution is -1.98. The lowest BCUT2D eigenvalue weighted by atomic mass is 10.2. The highest BCUT2D eigenvalue weighted by molar-refractivity contribution is 5.86. The summed E-state index contributed by atoms with van der Waals surface area (Å²) in [5.41, 5.74) is 1.33. The van der Waals surface area contributed by atoms with Crippen LogP contribution in [0.1, 0.15) is 32.6 Å². The first-order chi connectivity index (χ1) is 5.33. The van der Waals surface area contributed by atoms with Crippen molar-refractivity contribution < 1.29 is 0 Å². The quantitative estimate of drug-likeness (QED) is 0.594. The van der Waals surface area contributed by atoms with Crippen molar-refractivity contribution in [3.8, 4) is 6.07 Å². The molecule has 0 bridgehead atoms. The molecule has 0 radical (unpaired) electrons. The molecular formula is C9H14N2. The van der Waals surface area contributed by atoms with Crippen molar-refractivity contribution in [2.45, 2.75) is 32.6 Å². The molecule has 1 aliphatic rings. The first kappa shape index (κ1) is 8.26. The lowest BCUT2D eigenvalue weighted by Gasteiger charge is -1.97. The van der Waals surface area contributed by atoms with Gasteiger partial charge in [-0.3, -0.25) is 4.99 Å². The van der Waals surface area contributed by atoms with Crippen LogP contribution in [-0.2, 0) is 0 Å². The van der Waals surface area contributed by atoms with Gasteiger partial charge >= 0.3 is 0 Å². The number of hydrogen-bond acceptors (Lipinski definition) is 2. The zero-order valence-electron chi connectivity index (χ0n) is 7.01. The molecule has 0 heterocycles. The summed E-state index contributed by atoms with van der Waals surface area (Å²) in [7, 11) is 0. The fourth-order valence-corrected chi connectivity index (χ4v) is 1.25. The maximum atomic E-state index is 8.49. The van der Waals surface area contributed by atoms with Crippen LogP contribution >= 0.6 is 0 Å². The molecule has 0 aromatic heterocycles. The van der Waals surface area contributed by atoms with E-state index in [1.165, 1.54) is 18.6 Å². The largest absolute Gasteiger partial charge is 0.293 e. The van der Waals surface area contributed by atoms with Crippen LogP contribution in [0.2, 0.25) is 0 Å². The summed E-state index contributed by atoms with van der Waals surface area (Å²) in [5.74, 6) is 0.0862. The predicted octanol–water partition coefficient (Wildman–Crippen LogP) is 2.16. The molecule has 1 rings (SSSR count). The summed E-state index contributed by atoms with van der Waals surface area (Å²) in [6, 6.07) is 2.18. The number of hydrogen-bond donors (Lipinski definition) is 0. The van der Waals surface area contributed by atoms with E-state index in [0.717, 1.165) is 12.8 Å². The van der Waals surface area contributed by atoms with Crippen molar-refractivity contribution in [2.24, 2.45) is 10.9 Å². The molecule has 0 aromatic rings. The van der Waals surface area contributed by atoms with Gasteiger partial charge in [-0.25, -0.2) is 0 Å². The number of nitriles is 1. The van der Waals surface area contributed by atoms with Crippen molar-refractivity contribution in [3.05, 3.63) is 0 Å². The smallest absolute Gasteiger partial charge is 0.0672 e. The summed E-state index contributed by atoms with van der Waals surface area (Å²) in [6.45, 7) is 2.62. The van der Waals surface area contributed by atoms with Crippen molar-refractivity contribution >= 4 is 5.71 Å². The molecule has 1 fully saturated rings. The van der Waals surface area contributed by atoms with Crippen LogP contribution in [0.5, 0.6) is 0 Å². The van der Waals surface area contributed by atoms with E-state index in [1.54, 1.807) is 0 Å². The van der Waals surface area contributed by atoms with Crippen LogP contribution in [0.4, 0.5) is 0 Å². The van der Waals surface area contributed by atoms with Gasteiger partial charge in [0.2, 0.25) is 0 Å². The third-order valence-electron chi connectivity index (χ3n) is 1.99. The molecule has 0 saturated heterocycles. The number of rotatable bonds is 2. The minimum atomic E-state index is 0.0862. The van der Waals surface area contributed by atoms with Crippen LogP contribution in [-0.4, -0.2) is 12.3 Å². The van der Waals surface area contributed by atoms with Crippen molar-refractivity contribution in [3.63, 3.8) is 0 Å². The maximum absolute atomic E-state index is 8.49. The average molecular weight is 150 g/mol. The Kier molecular flexibility index (Phi) is 3.10. The Labute approximate surface area is 67.9 Å². The minimum Gasteiger partial charge on any atom is -0.293 e. The van der Waals surface area contributed by atoms with Gasteiger partial charge in [-0.05, 0) is 32.6 Å². The molecule has 0 amide bonds. The van der Waals surface area contributed by atoms with Gasteiger partial charge in [-0.1, -0.05) is 0 Å². The SMILES string of the molecule is CC(C#N)CN=C1CCCC1. The highest BCUT2D eigenvalue weighted by atomic mass is 14.7. The van der Waals surface area contributed by atoms with E-state index in [9.17, 15) is 0 Å². The summed E-state index contributed by atoms with van der Waals surface area (Å²) in [6.07, 6.45) is 4.91. The van der Waals surface area contributed by atoms with E-state index in [1.807, 2.05) is 6.92 Å². The lowest BCUT2D eigenvalue weighted by molar-refractivity contribution is 0.754. The van der Waals surface area contributed by atoms with E-state index in [-0.39, 0.29) is 5.92 Å². The van der Waals surface area contributed by atoms with Crippen LogP contribution in [0, 0.1) is 17.2 Å². The molecule has 0 spiro atoms. The highest BCUT2D eigenvalue weighted by Crippen LogP contribution is 2.14. The Hall–Kier alpha value is -0.840. The molecule has 2 heteroatoms. The Morgan fingerprint density at radius 2 is 2.18 bits per heavy atom. The summed E-state index contributed by atoms with van der Waals surface area (Å²) in [5, 5.41) is 8.49. The molecule has 11 heavy (non-hydrogen) atoms. The molecule has 0 N–H and O–H groups in total. The number of nitrogens with zero attached hydrogens (tertiary/aromatic N) is 2. The van der Waals surface area contributed by atoms with Crippen LogP contribution < -0.4 is 0 Å². The van der Waals surface area contributed by atoms with Crippen LogP contribution in [0.3, 0.4) is 0 Å². The topological polar surface area (TPSA) is 36.1 Å². The van der Waals surface area contributed by atoms with Crippen molar-refractivity contribution in [1.29, 1.82) is 5.26 Å². The van der Waals surface area contributed by atoms with Gasteiger partial charge in [-0.15, -0.1) is 0 Å². The van der Waals surface area contributed by atoms with E-state index in [0.29, 0.717) is 6.54 Å². The second kappa shape index (κ2) is 4.12. The van der Waals surface area contributed by atoms with Gasteiger partial charge in [-0.2, -0.15) is 5.26 Å². The third kappa shape index (κ3) is 2.71. The summed E-state index contributed by atoms with van der Waals surface area (Å²) >= 11 is 0. The molecule has 2 nitrogen and oxygen atoms in total. The van der Waals surface area contributed by atoms with Gasteiger partial charge in [0, 0.05) is 5.71 Å². The zero-order chi connectivity index (χ0) is 8.10. The first-order valence-electron chi connectivity index (χ1n) is 4.24. The van der Waals surface area contributed by atoms with Crippen molar-refractivity contribution in [1.82, 2.24) is 0 Å². The third-order valence-corrected chi connectivity index (χ3v) is 1.99. The molecule has 1 unspecified atom stereocenters. The second-order valence-electron chi connectivity index (χ2n) is 3.14. The fourth-order valence-electron chi connectivity index (χ4n) is 1.25. The molecular weight excluding hydrogens is 136 g/mol. The van der Waals surface area contributed by atoms with Gasteiger partial charge < -0.3 is 0 Å². The van der Waals surface area contributed by atoms with E-state index >= 15 is 0 Å². The van der Waals surface area contributed by atoms with E-state index in [4.69, 9.17) is 5.26 Å². The minimum absolute atomic E-state index is 0.0862. The highest BCUT2D eigenvalue weighted by Gasteiger charge is 2.07. The Balaban J connectivity index is 2.29. The van der Waals surface area contributed by atoms with E-state index in [2.05, 4.69) is 11.1 Å². The molecule has 0 aromatic carbocycles. The van der Waals surface area contributed by atoms with Crippen LogP contribution in [0.25, 0.3) is 0 Å². The van der Waals surface area contributed by atoms with Gasteiger partial charge in [0.05, 0.1) is 18.5 Å². The normalized spacial score (nSPS) is 19.5. The first-order valence-corrected chi connectivity index (χ1v) is 4.24. The fraction of sp³-hybridized carbons (Fsp3) is 0.778. The maximum Gasteiger partial charge on any atom is 0.0672 e. The Bertz CT molecular complexity index is 180. The summed E-state index contributed by atoms with van der Waals surface area (Å²) in [4.78, 5) is 4.39. The number of aliphatic imine (C=N–C) groups is 1. The molecule has 1 atom stereocenters.